The van der Waals surface area contributed by atoms with E-state index in [0.717, 1.165) is 36.4 Å². The molecule has 0 spiro atoms. The summed E-state index contributed by atoms with van der Waals surface area (Å²) in [6.07, 6.45) is 7.01. The van der Waals surface area contributed by atoms with Gasteiger partial charge in [0.15, 0.2) is 0 Å². The van der Waals surface area contributed by atoms with Crippen molar-refractivity contribution in [2.75, 3.05) is 18.2 Å². The minimum atomic E-state index is -0.136. The summed E-state index contributed by atoms with van der Waals surface area (Å²) in [5.41, 5.74) is 3.47. The number of nitrogens with zero attached hydrogens (tertiary/aromatic N) is 2. The van der Waals surface area contributed by atoms with Gasteiger partial charge in [0, 0.05) is 22.9 Å². The van der Waals surface area contributed by atoms with E-state index in [1.165, 1.54) is 30.2 Å². The molecule has 0 unspecified atom stereocenters. The first-order valence-corrected chi connectivity index (χ1v) is 11.2. The predicted molar refractivity (Wildman–Crippen MR) is 117 cm³/mol. The van der Waals surface area contributed by atoms with Gasteiger partial charge in [0.25, 0.3) is 0 Å². The Bertz CT molecular complexity index is 927. The van der Waals surface area contributed by atoms with Crippen LogP contribution in [0.5, 0.6) is 5.75 Å². The lowest BCUT2D eigenvalue weighted by molar-refractivity contribution is -0.115. The second-order valence-corrected chi connectivity index (χ2v) is 8.48. The zero-order valence-corrected chi connectivity index (χ0v) is 18.0. The molecule has 1 heterocycles. The van der Waals surface area contributed by atoms with Crippen LogP contribution in [0.4, 0.5) is 5.69 Å². The van der Waals surface area contributed by atoms with Crippen LogP contribution < -0.4 is 10.1 Å². The minimum absolute atomic E-state index is 0.136. The number of halogens is 1. The number of methoxy groups -OCH3 is 1. The lowest BCUT2D eigenvalue weighted by Gasteiger charge is -2.15. The minimum Gasteiger partial charge on any atom is -0.495 e. The highest BCUT2D eigenvalue weighted by atomic mass is 35.5. The highest BCUT2D eigenvalue weighted by Gasteiger charge is 2.15. The second kappa shape index (κ2) is 10.5. The molecule has 5 nitrogen and oxygen atoms in total. The van der Waals surface area contributed by atoms with E-state index < -0.39 is 0 Å². The molecule has 0 radical (unpaired) electrons. The highest BCUT2D eigenvalue weighted by molar-refractivity contribution is 7.99. The quantitative estimate of drug-likeness (QED) is 0.622. The fourth-order valence-corrected chi connectivity index (χ4v) is 4.48. The van der Waals surface area contributed by atoms with Crippen molar-refractivity contribution in [2.24, 2.45) is 0 Å². The van der Waals surface area contributed by atoms with Crippen LogP contribution in [0.15, 0.2) is 29.3 Å². The van der Waals surface area contributed by atoms with Crippen LogP contribution in [-0.2, 0) is 17.6 Å². The molecule has 1 N–H and O–H groups in total. The number of aromatic nitrogens is 1. The van der Waals surface area contributed by atoms with Crippen molar-refractivity contribution >= 4 is 35.0 Å². The van der Waals surface area contributed by atoms with Crippen LogP contribution in [0.25, 0.3) is 0 Å². The Morgan fingerprint density at radius 3 is 2.83 bits per heavy atom. The second-order valence-electron chi connectivity index (χ2n) is 6.96. The zero-order valence-electron chi connectivity index (χ0n) is 16.5. The van der Waals surface area contributed by atoms with Crippen molar-refractivity contribution in [3.05, 3.63) is 46.1 Å². The smallest absolute Gasteiger partial charge is 0.225 e. The number of nitrogens with one attached hydrogen (secondary N) is 1. The van der Waals surface area contributed by atoms with Gasteiger partial charge in [-0.1, -0.05) is 24.4 Å². The lowest BCUT2D eigenvalue weighted by Crippen LogP contribution is -2.13. The summed E-state index contributed by atoms with van der Waals surface area (Å²) in [4.78, 5) is 17.1. The summed E-state index contributed by atoms with van der Waals surface area (Å²) in [5.74, 6) is 0.961. The van der Waals surface area contributed by atoms with E-state index in [-0.39, 0.29) is 5.91 Å². The molecule has 0 saturated heterocycles. The van der Waals surface area contributed by atoms with Crippen molar-refractivity contribution < 1.29 is 9.53 Å². The lowest BCUT2D eigenvalue weighted by atomic mass is 9.96. The molecule has 3 rings (SSSR count). The van der Waals surface area contributed by atoms with Gasteiger partial charge in [-0.05, 0) is 55.5 Å². The Labute approximate surface area is 180 Å². The fourth-order valence-electron chi connectivity index (χ4n) is 3.39. The van der Waals surface area contributed by atoms with Gasteiger partial charge < -0.3 is 10.1 Å². The Balaban J connectivity index is 1.62. The van der Waals surface area contributed by atoms with Gasteiger partial charge in [0.05, 0.1) is 18.4 Å². The van der Waals surface area contributed by atoms with Crippen molar-refractivity contribution in [1.29, 1.82) is 5.26 Å². The molecule has 2 aromatic rings. The normalized spacial score (nSPS) is 13.6. The van der Waals surface area contributed by atoms with Crippen LogP contribution in [0.2, 0.25) is 5.02 Å². The molecule has 0 aliphatic heterocycles. The summed E-state index contributed by atoms with van der Waals surface area (Å²) in [7, 11) is 1.55. The maximum absolute atomic E-state index is 12.3. The van der Waals surface area contributed by atoms with Gasteiger partial charge in [0.2, 0.25) is 5.91 Å². The topological polar surface area (TPSA) is 75.0 Å². The van der Waals surface area contributed by atoms with E-state index in [1.54, 1.807) is 25.3 Å². The summed E-state index contributed by atoms with van der Waals surface area (Å²) in [6.45, 7) is 0. The molecule has 29 heavy (non-hydrogen) atoms. The van der Waals surface area contributed by atoms with Crippen molar-refractivity contribution in [1.82, 2.24) is 4.98 Å². The number of carbonyl (C=O) groups excluding carboxylic acids is 1. The van der Waals surface area contributed by atoms with Crippen LogP contribution >= 0.6 is 23.4 Å². The Kier molecular flexibility index (Phi) is 7.79. The molecule has 1 aromatic carbocycles. The van der Waals surface area contributed by atoms with Gasteiger partial charge in [-0.3, -0.25) is 4.79 Å². The van der Waals surface area contributed by atoms with E-state index in [4.69, 9.17) is 21.3 Å². The molecule has 0 atom stereocenters. The van der Waals surface area contributed by atoms with E-state index in [2.05, 4.69) is 11.4 Å². The number of hydrogen-bond donors (Lipinski definition) is 1. The largest absolute Gasteiger partial charge is 0.495 e. The molecular formula is C22H24ClN3O2S. The van der Waals surface area contributed by atoms with Gasteiger partial charge in [-0.25, -0.2) is 4.98 Å². The van der Waals surface area contributed by atoms with Crippen LogP contribution in [0.1, 0.15) is 48.9 Å². The van der Waals surface area contributed by atoms with E-state index in [0.29, 0.717) is 34.2 Å². The number of benzene rings is 1. The number of ether oxygens (including phenoxy) is 1. The average Bonchev–Trinajstić information content (AvgIpc) is 2.69. The Morgan fingerprint density at radius 2 is 2.07 bits per heavy atom. The molecule has 0 fully saturated rings. The highest BCUT2D eigenvalue weighted by Crippen LogP contribution is 2.29. The van der Waals surface area contributed by atoms with E-state index in [1.807, 2.05) is 6.07 Å². The maximum Gasteiger partial charge on any atom is 0.225 e. The molecular weight excluding hydrogens is 406 g/mol. The van der Waals surface area contributed by atoms with Gasteiger partial charge in [0.1, 0.15) is 16.8 Å². The SMILES string of the molecule is COc1ccc(Cl)cc1NC(=O)CCSc1nc2c(cc1C#N)CCCCCC2. The van der Waals surface area contributed by atoms with Crippen molar-refractivity contribution in [3.63, 3.8) is 0 Å². The molecule has 0 saturated carbocycles. The number of nitriles is 1. The number of rotatable bonds is 6. The van der Waals surface area contributed by atoms with Crippen LogP contribution in [-0.4, -0.2) is 23.8 Å². The van der Waals surface area contributed by atoms with Crippen LogP contribution in [0.3, 0.4) is 0 Å². The Morgan fingerprint density at radius 1 is 1.28 bits per heavy atom. The average molecular weight is 430 g/mol. The molecule has 1 aliphatic carbocycles. The van der Waals surface area contributed by atoms with Crippen molar-refractivity contribution in [3.8, 4) is 11.8 Å². The molecule has 152 valence electrons. The summed E-state index contributed by atoms with van der Waals surface area (Å²) in [6, 6.07) is 9.35. The van der Waals surface area contributed by atoms with Crippen LogP contribution in [0, 0.1) is 11.3 Å². The number of pyridine rings is 1. The number of hydrogen-bond acceptors (Lipinski definition) is 5. The summed E-state index contributed by atoms with van der Waals surface area (Å²) >= 11 is 7.46. The first-order valence-electron chi connectivity index (χ1n) is 9.80. The summed E-state index contributed by atoms with van der Waals surface area (Å²) in [5, 5.41) is 13.6. The molecule has 0 bridgehead atoms. The van der Waals surface area contributed by atoms with E-state index in [9.17, 15) is 10.1 Å². The molecule has 1 aliphatic rings. The van der Waals surface area contributed by atoms with Gasteiger partial charge >= 0.3 is 0 Å². The standard InChI is InChI=1S/C22H24ClN3O2S/c1-28-20-9-8-17(23)13-19(20)25-21(27)10-11-29-22-16(14-24)12-15-6-4-2-3-5-7-18(15)26-22/h8-9,12-13H,2-7,10-11H2,1H3,(H,25,27). The van der Waals surface area contributed by atoms with Crippen molar-refractivity contribution in [2.45, 2.75) is 50.0 Å². The molecule has 7 heteroatoms. The summed E-state index contributed by atoms with van der Waals surface area (Å²) < 4.78 is 5.25. The predicted octanol–water partition coefficient (Wildman–Crippen LogP) is 5.40. The monoisotopic (exact) mass is 429 g/mol. The van der Waals surface area contributed by atoms with Gasteiger partial charge in [-0.2, -0.15) is 5.26 Å². The third-order valence-electron chi connectivity index (χ3n) is 4.89. The van der Waals surface area contributed by atoms with E-state index >= 15 is 0 Å². The Hall–Kier alpha value is -2.23. The number of thioether (sulfide) groups is 1. The van der Waals surface area contributed by atoms with Gasteiger partial charge in [-0.15, -0.1) is 11.8 Å². The number of amides is 1. The third kappa shape index (κ3) is 5.88. The molecule has 1 aromatic heterocycles. The molecule has 1 amide bonds. The third-order valence-corrected chi connectivity index (χ3v) is 6.12. The fraction of sp³-hybridized carbons (Fsp3) is 0.409. The first-order chi connectivity index (χ1) is 14.1. The zero-order chi connectivity index (χ0) is 20.6. The number of aryl methyl sites for hydroxylation is 2. The maximum atomic E-state index is 12.3. The number of fused-ring (bicyclic) bond motifs is 1. The first kappa shape index (κ1) is 21.5. The number of carbonyl (C=O) groups is 1. The number of anilines is 1.